The number of rotatable bonds is 54. The molecule has 0 saturated heterocycles. The molecule has 144 heavy (non-hydrogen) atoms. The van der Waals surface area contributed by atoms with Gasteiger partial charge in [0, 0.05) is 112 Å². The van der Waals surface area contributed by atoms with Gasteiger partial charge in [0.1, 0.15) is 0 Å². The minimum absolute atomic E-state index is 0.328. The first kappa shape index (κ1) is 100. The van der Waals surface area contributed by atoms with Gasteiger partial charge in [-0.2, -0.15) is 0 Å². The van der Waals surface area contributed by atoms with E-state index in [0.29, 0.717) is 44.4 Å². The maximum absolute atomic E-state index is 16.2. The van der Waals surface area contributed by atoms with E-state index in [1.165, 1.54) is 365 Å². The Labute approximate surface area is 886 Å². The van der Waals surface area contributed by atoms with Crippen molar-refractivity contribution in [3.05, 3.63) is 274 Å². The van der Waals surface area contributed by atoms with Crippen LogP contribution in [-0.4, -0.2) is 23.6 Å². The van der Waals surface area contributed by atoms with Crippen molar-refractivity contribution in [1.29, 1.82) is 0 Å². The number of thiophene rings is 8. The lowest BCUT2D eigenvalue weighted by Gasteiger charge is -2.34. The SMILES string of the molecule is CCCCCCCCCCCCC1(CCCCCCCCCCCC)c2cc(-c3ccc(-c4ccc(-c5ccc(-c6cccs6)s5)s4)s3)ccc2-c2ccc(N3C(=O)c4ccc5c6ccc7c8c(ccc(c9ccc(c4c59)C3=O)c86)C(=O)N(c3ccc4c(c3)C(CCCCCCCCCCCC)(CCCCCCCCCCCC)c3cc(-c5ccc(-c6ccc(-c8ccc(-c9cccs9)s8)s6)s5)ccc3-4)C7=O)cc21. The van der Waals surface area contributed by atoms with Crippen molar-refractivity contribution in [3.8, 4) is 102 Å². The lowest BCUT2D eigenvalue weighted by molar-refractivity contribution is 0.0877. The number of carbonyl (C=O) groups excluding carboxylic acids is 4. The van der Waals surface area contributed by atoms with E-state index in [-0.39, 0.29) is 34.5 Å². The molecule has 21 rings (SSSR count). The van der Waals surface area contributed by atoms with Gasteiger partial charge in [-0.15, -0.1) is 90.7 Å². The maximum atomic E-state index is 16.2. The van der Waals surface area contributed by atoms with Gasteiger partial charge in [0.2, 0.25) is 0 Å². The monoisotopic (exact) mass is 2050 g/mol. The second kappa shape index (κ2) is 46.3. The van der Waals surface area contributed by atoms with Crippen molar-refractivity contribution in [2.75, 3.05) is 9.80 Å². The highest BCUT2D eigenvalue weighted by Crippen LogP contribution is 2.61. The molecule has 0 N–H and O–H groups in total. The fourth-order valence-electron chi connectivity index (χ4n) is 24.8. The van der Waals surface area contributed by atoms with E-state index >= 15 is 19.2 Å². The molecule has 8 aromatic heterocycles. The van der Waals surface area contributed by atoms with Crippen LogP contribution < -0.4 is 9.80 Å². The Hall–Kier alpha value is -9.84. The van der Waals surface area contributed by atoms with Crippen molar-refractivity contribution in [2.45, 2.75) is 321 Å². The van der Waals surface area contributed by atoms with Crippen molar-refractivity contribution in [1.82, 2.24) is 0 Å². The maximum Gasteiger partial charge on any atom is 0.265 e. The molecule has 17 aromatic rings. The third-order valence-electron chi connectivity index (χ3n) is 32.4. The lowest BCUT2D eigenvalue weighted by Crippen LogP contribution is -2.41. The Kier molecular flexibility index (Phi) is 32.2. The molecule has 4 aliphatic rings. The van der Waals surface area contributed by atoms with Crippen LogP contribution in [0.4, 0.5) is 11.4 Å². The van der Waals surface area contributed by atoms with Gasteiger partial charge in [-0.25, -0.2) is 9.80 Å². The number of anilines is 2. The molecule has 0 saturated carbocycles. The highest BCUT2D eigenvalue weighted by Gasteiger charge is 2.48. The van der Waals surface area contributed by atoms with Crippen LogP contribution in [-0.2, 0) is 10.8 Å². The van der Waals surface area contributed by atoms with Gasteiger partial charge in [0.25, 0.3) is 23.6 Å². The smallest absolute Gasteiger partial charge is 0.265 e. The number of hydrogen-bond acceptors (Lipinski definition) is 12. The van der Waals surface area contributed by atoms with E-state index in [0.717, 1.165) is 83.7 Å². The van der Waals surface area contributed by atoms with Crippen LogP contribution in [0.3, 0.4) is 0 Å². The van der Waals surface area contributed by atoms with E-state index in [1.807, 2.05) is 92.3 Å². The third-order valence-corrected chi connectivity index (χ3v) is 41.9. The Bertz CT molecular complexity index is 6770. The molecule has 0 radical (unpaired) electrons. The normalized spacial score (nSPS) is 13.9. The highest BCUT2D eigenvalue weighted by atomic mass is 32.1. The molecule has 0 bridgehead atoms. The number of hydrogen-bond donors (Lipinski definition) is 0. The summed E-state index contributed by atoms with van der Waals surface area (Å²) < 4.78 is 0. The molecule has 0 spiro atoms. The quantitative estimate of drug-likeness (QED) is 0.0165. The van der Waals surface area contributed by atoms with Gasteiger partial charge in [0.15, 0.2) is 0 Å². The summed E-state index contributed by atoms with van der Waals surface area (Å²) in [7, 11) is 0. The average Bonchev–Trinajstić information content (AvgIpc) is 0.950. The van der Waals surface area contributed by atoms with E-state index in [2.05, 4.69) is 233 Å². The van der Waals surface area contributed by atoms with Gasteiger partial charge >= 0.3 is 0 Å². The first-order chi connectivity index (χ1) is 70.9. The summed E-state index contributed by atoms with van der Waals surface area (Å²) >= 11 is 14.9. The molecule has 2 aliphatic carbocycles. The number of fused-ring (bicyclic) bond motifs is 8. The first-order valence-electron chi connectivity index (χ1n) is 55.2. The largest absolute Gasteiger partial charge is 0.268 e. The lowest BCUT2D eigenvalue weighted by atomic mass is 9.70. The minimum Gasteiger partial charge on any atom is -0.268 e. The number of amides is 4. The van der Waals surface area contributed by atoms with E-state index in [9.17, 15) is 0 Å². The molecule has 2 aliphatic heterocycles. The minimum atomic E-state index is -0.356. The molecule has 0 fully saturated rings. The van der Waals surface area contributed by atoms with Crippen LogP contribution in [0.15, 0.2) is 229 Å². The molecular weight excluding hydrogens is 1910 g/mol. The van der Waals surface area contributed by atoms with Crippen LogP contribution in [0.1, 0.15) is 374 Å². The molecule has 14 heteroatoms. The Morgan fingerprint density at radius 1 is 0.201 bits per heavy atom. The van der Waals surface area contributed by atoms with Crippen LogP contribution in [0.25, 0.3) is 145 Å². The zero-order valence-electron chi connectivity index (χ0n) is 84.8. The van der Waals surface area contributed by atoms with Gasteiger partial charge < -0.3 is 0 Å². The third kappa shape index (κ3) is 20.4. The zero-order valence-corrected chi connectivity index (χ0v) is 91.4. The number of carbonyl (C=O) groups is 4. The molecule has 0 atom stereocenters. The molecule has 740 valence electrons. The van der Waals surface area contributed by atoms with Crippen molar-refractivity contribution < 1.29 is 19.2 Å². The van der Waals surface area contributed by atoms with Crippen LogP contribution in [0, 0.1) is 0 Å². The molecule has 6 nitrogen and oxygen atoms in total. The van der Waals surface area contributed by atoms with Gasteiger partial charge in [0.05, 0.1) is 11.4 Å². The number of nitrogens with zero attached hydrogens (tertiary/aromatic N) is 2. The summed E-state index contributed by atoms with van der Waals surface area (Å²) in [5, 5.41) is 10.8. The molecule has 10 heterocycles. The van der Waals surface area contributed by atoms with Crippen molar-refractivity contribution >= 4 is 169 Å². The number of benzene rings is 9. The molecule has 0 unspecified atom stereocenters. The summed E-state index contributed by atoms with van der Waals surface area (Å²) in [5.74, 6) is -1.31. The molecule has 9 aromatic carbocycles. The second-order valence-corrected chi connectivity index (χ2v) is 50.2. The van der Waals surface area contributed by atoms with Gasteiger partial charge in [-0.05, 0) is 270 Å². The summed E-state index contributed by atoms with van der Waals surface area (Å²) in [6.45, 7) is 9.21. The van der Waals surface area contributed by atoms with Crippen molar-refractivity contribution in [2.24, 2.45) is 0 Å². The van der Waals surface area contributed by atoms with E-state index in [1.54, 1.807) is 22.7 Å². The fraction of sp³-hybridized carbons (Fsp3) is 0.385. The standard InChI is InChI=1S/C130H138N2O4S8/c1-5-9-13-17-21-25-29-33-37-41-77-129(78-42-38-34-30-26-22-18-14-10-6-2)103-83-87(107-65-67-113(139-107)115-73-75-119(143-115)117-71-69-111(141-117)109-47-45-81-137-109)49-53-91(103)93-55-51-89(85-105(93)129)131-125(133)99-61-57-95-97-59-63-101-124-102(64-60-98(122(97)124)96-58-62-100(126(131)134)123(99)121(95)96)128(136)132(127(101)135)90-52-56-94-92-54-50-88(108-66-68-114(140-108)116-74-76-120(144-116)118-72-70-112(142-118)110-48-46-82-138-110)84-104(92)130(106(94)86-90,79-43-39-35-31-27-23-19-15-11-7-3)80-44-40-36-32-28-24-20-16-12-8-4/h45-76,81-86H,5-44,77-80H2,1-4H3. The topological polar surface area (TPSA) is 74.8 Å². The summed E-state index contributed by atoms with van der Waals surface area (Å²) in [6, 6.07) is 80.2. The Morgan fingerprint density at radius 2 is 0.417 bits per heavy atom. The number of unbranched alkanes of at least 4 members (excludes halogenated alkanes) is 36. The van der Waals surface area contributed by atoms with Crippen LogP contribution in [0.5, 0.6) is 0 Å². The van der Waals surface area contributed by atoms with E-state index < -0.39 is 0 Å². The van der Waals surface area contributed by atoms with Crippen molar-refractivity contribution in [3.63, 3.8) is 0 Å². The summed E-state index contributed by atoms with van der Waals surface area (Å²) in [4.78, 5) is 85.8. The predicted octanol–water partition coefficient (Wildman–Crippen LogP) is 42.9. The summed E-state index contributed by atoms with van der Waals surface area (Å²) in [6.07, 6.45) is 54.3. The molecule has 4 amide bonds. The second-order valence-electron chi connectivity index (χ2n) is 41.8. The average molecular weight is 2050 g/mol. The first-order valence-corrected chi connectivity index (χ1v) is 61.9. The summed E-state index contributed by atoms with van der Waals surface area (Å²) in [5.41, 5.74) is 15.2. The molecular formula is C130H138N2O4S8. The van der Waals surface area contributed by atoms with Gasteiger partial charge in [-0.3, -0.25) is 19.2 Å². The Morgan fingerprint density at radius 3 is 0.667 bits per heavy atom. The highest BCUT2D eigenvalue weighted by molar-refractivity contribution is 7.30. The fourth-order valence-corrected chi connectivity index (χ4v) is 32.8. The predicted molar refractivity (Wildman–Crippen MR) is 628 cm³/mol. The number of imide groups is 2. The van der Waals surface area contributed by atoms with Crippen LogP contribution >= 0.6 is 90.7 Å². The zero-order chi connectivity index (χ0) is 98.0. The van der Waals surface area contributed by atoms with Gasteiger partial charge in [-0.1, -0.05) is 357 Å². The van der Waals surface area contributed by atoms with E-state index in [4.69, 9.17) is 0 Å². The Balaban J connectivity index is 0.592. The van der Waals surface area contributed by atoms with Crippen LogP contribution in [0.2, 0.25) is 0 Å².